The Morgan fingerprint density at radius 1 is 1.15 bits per heavy atom. The van der Waals surface area contributed by atoms with Gasteiger partial charge in [0.05, 0.1) is 11.4 Å². The zero-order valence-electron chi connectivity index (χ0n) is 15.1. The van der Waals surface area contributed by atoms with Gasteiger partial charge in [0.15, 0.2) is 5.17 Å². The minimum Gasteiger partial charge on any atom is -0.385 e. The summed E-state index contributed by atoms with van der Waals surface area (Å²) in [4.78, 5) is 20.0. The van der Waals surface area contributed by atoms with Crippen LogP contribution in [0.1, 0.15) is 17.5 Å². The number of ether oxygens (including phenoxy) is 1. The largest absolute Gasteiger partial charge is 0.385 e. The van der Waals surface area contributed by atoms with Gasteiger partial charge in [-0.3, -0.25) is 14.7 Å². The van der Waals surface area contributed by atoms with Gasteiger partial charge in [0, 0.05) is 25.3 Å². The molecule has 0 aliphatic carbocycles. The Kier molecular flexibility index (Phi) is 7.10. The van der Waals surface area contributed by atoms with Gasteiger partial charge < -0.3 is 4.74 Å². The molecule has 1 aliphatic heterocycles. The first kappa shape index (κ1) is 19.7. The van der Waals surface area contributed by atoms with Crippen LogP contribution in [0.4, 0.5) is 0 Å². The molecule has 0 aromatic heterocycles. The topological polar surface area (TPSA) is 41.9 Å². The van der Waals surface area contributed by atoms with E-state index < -0.39 is 0 Å². The highest BCUT2D eigenvalue weighted by Gasteiger charge is 2.32. The maximum absolute atomic E-state index is 12.9. The molecule has 0 saturated carbocycles. The number of thioether (sulfide) groups is 1. The second kappa shape index (κ2) is 9.74. The Labute approximate surface area is 168 Å². The molecular formula is C21H21ClN2O2S. The number of amides is 1. The molecule has 4 nitrogen and oxygen atoms in total. The summed E-state index contributed by atoms with van der Waals surface area (Å²) >= 11 is 7.36. The van der Waals surface area contributed by atoms with Crippen molar-refractivity contribution in [2.45, 2.75) is 13.0 Å². The number of carbonyl (C=O) groups is 1. The molecule has 6 heteroatoms. The highest BCUT2D eigenvalue weighted by molar-refractivity contribution is 8.18. The van der Waals surface area contributed by atoms with E-state index in [4.69, 9.17) is 21.3 Å². The summed E-state index contributed by atoms with van der Waals surface area (Å²) in [5.74, 6) is -0.0159. The molecule has 0 spiro atoms. The zero-order chi connectivity index (χ0) is 19.1. The van der Waals surface area contributed by atoms with E-state index in [2.05, 4.69) is 0 Å². The van der Waals surface area contributed by atoms with E-state index in [9.17, 15) is 4.79 Å². The molecule has 140 valence electrons. The fraction of sp³-hybridized carbons (Fsp3) is 0.238. The van der Waals surface area contributed by atoms with Crippen molar-refractivity contribution in [1.82, 2.24) is 4.90 Å². The third-order valence-corrected chi connectivity index (χ3v) is 5.32. The van der Waals surface area contributed by atoms with E-state index in [0.717, 1.165) is 22.7 Å². The molecule has 27 heavy (non-hydrogen) atoms. The predicted molar refractivity (Wildman–Crippen MR) is 113 cm³/mol. The average molecular weight is 401 g/mol. The molecule has 2 aromatic carbocycles. The van der Waals surface area contributed by atoms with E-state index in [1.54, 1.807) is 12.0 Å². The fourth-order valence-corrected chi connectivity index (χ4v) is 3.77. The Morgan fingerprint density at radius 2 is 1.89 bits per heavy atom. The summed E-state index contributed by atoms with van der Waals surface area (Å²) in [7, 11) is 1.66. The van der Waals surface area contributed by atoms with Crippen molar-refractivity contribution in [3.05, 3.63) is 75.7 Å². The number of benzene rings is 2. The third kappa shape index (κ3) is 5.45. The maximum atomic E-state index is 12.9. The number of methoxy groups -OCH3 is 1. The van der Waals surface area contributed by atoms with Gasteiger partial charge in [0.2, 0.25) is 0 Å². The van der Waals surface area contributed by atoms with Gasteiger partial charge in [0.25, 0.3) is 5.91 Å². The minimum atomic E-state index is -0.0159. The third-order valence-electron chi connectivity index (χ3n) is 4.03. The van der Waals surface area contributed by atoms with Gasteiger partial charge in [-0.15, -0.1) is 0 Å². The van der Waals surface area contributed by atoms with Gasteiger partial charge in [-0.25, -0.2) is 0 Å². The highest BCUT2D eigenvalue weighted by atomic mass is 35.5. The number of halogens is 1. The summed E-state index contributed by atoms with van der Waals surface area (Å²) in [5.41, 5.74) is 2.06. The first-order valence-corrected chi connectivity index (χ1v) is 9.91. The van der Waals surface area contributed by atoms with E-state index in [-0.39, 0.29) is 5.91 Å². The summed E-state index contributed by atoms with van der Waals surface area (Å²) in [6.07, 6.45) is 2.65. The normalized spacial score (nSPS) is 17.3. The van der Waals surface area contributed by atoms with Crippen LogP contribution in [-0.2, 0) is 16.1 Å². The first-order valence-electron chi connectivity index (χ1n) is 8.71. The lowest BCUT2D eigenvalue weighted by atomic mass is 10.2. The van der Waals surface area contributed by atoms with Crippen molar-refractivity contribution in [1.29, 1.82) is 0 Å². The lowest BCUT2D eigenvalue weighted by Gasteiger charge is -2.15. The summed E-state index contributed by atoms with van der Waals surface area (Å²) in [6.45, 7) is 1.74. The molecule has 0 bridgehead atoms. The number of nitrogens with zero attached hydrogens (tertiary/aromatic N) is 2. The Morgan fingerprint density at radius 3 is 2.59 bits per heavy atom. The summed E-state index contributed by atoms with van der Waals surface area (Å²) in [5, 5.41) is 1.41. The highest BCUT2D eigenvalue weighted by Crippen LogP contribution is 2.33. The molecule has 0 radical (unpaired) electrons. The number of aliphatic imine (C=N–C) groups is 1. The molecular weight excluding hydrogens is 380 g/mol. The number of amidine groups is 1. The Bertz CT molecular complexity index is 835. The smallest absolute Gasteiger partial charge is 0.266 e. The zero-order valence-corrected chi connectivity index (χ0v) is 16.7. The average Bonchev–Trinajstić information content (AvgIpc) is 2.98. The maximum Gasteiger partial charge on any atom is 0.266 e. The monoisotopic (exact) mass is 400 g/mol. The molecule has 1 aliphatic rings. The van der Waals surface area contributed by atoms with Gasteiger partial charge in [0.1, 0.15) is 0 Å². The number of hydrogen-bond acceptors (Lipinski definition) is 4. The predicted octanol–water partition coefficient (Wildman–Crippen LogP) is 4.85. The van der Waals surface area contributed by atoms with Gasteiger partial charge in [-0.05, 0) is 47.5 Å². The molecule has 0 N–H and O–H groups in total. The number of rotatable bonds is 7. The molecule has 3 rings (SSSR count). The van der Waals surface area contributed by atoms with Gasteiger partial charge >= 0.3 is 0 Å². The molecule has 1 saturated heterocycles. The molecule has 2 aromatic rings. The Hall–Kier alpha value is -2.08. The molecule has 1 fully saturated rings. The van der Waals surface area contributed by atoms with Crippen LogP contribution in [0.15, 0.2) is 64.5 Å². The lowest BCUT2D eigenvalue weighted by Crippen LogP contribution is -2.30. The lowest BCUT2D eigenvalue weighted by molar-refractivity contribution is -0.122. The number of carbonyl (C=O) groups excluding carboxylic acids is 1. The van der Waals surface area contributed by atoms with E-state index in [1.165, 1.54) is 11.8 Å². The van der Waals surface area contributed by atoms with Crippen LogP contribution >= 0.6 is 23.4 Å². The first-order chi connectivity index (χ1) is 13.2. The van der Waals surface area contributed by atoms with Crippen LogP contribution < -0.4 is 0 Å². The SMILES string of the molecule is COCCCN1C(=O)/C(=C/c2ccc(Cl)cc2)SC1=NCc1ccccc1. The second-order valence-electron chi connectivity index (χ2n) is 6.05. The van der Waals surface area contributed by atoms with Gasteiger partial charge in [-0.2, -0.15) is 0 Å². The second-order valence-corrected chi connectivity index (χ2v) is 7.50. The van der Waals surface area contributed by atoms with Crippen LogP contribution in [0.5, 0.6) is 0 Å². The molecule has 0 atom stereocenters. The Balaban J connectivity index is 1.81. The summed E-state index contributed by atoms with van der Waals surface area (Å²) < 4.78 is 5.12. The van der Waals surface area contributed by atoms with Crippen LogP contribution in [0.2, 0.25) is 5.02 Å². The van der Waals surface area contributed by atoms with E-state index in [0.29, 0.717) is 29.6 Å². The van der Waals surface area contributed by atoms with Crippen LogP contribution in [-0.4, -0.2) is 36.2 Å². The molecule has 1 heterocycles. The van der Waals surface area contributed by atoms with Crippen LogP contribution in [0, 0.1) is 0 Å². The quantitative estimate of drug-likeness (QED) is 0.493. The van der Waals surface area contributed by atoms with Crippen LogP contribution in [0.3, 0.4) is 0 Å². The molecule has 1 amide bonds. The van der Waals surface area contributed by atoms with Crippen molar-refractivity contribution in [3.8, 4) is 0 Å². The van der Waals surface area contributed by atoms with Crippen molar-refractivity contribution in [3.63, 3.8) is 0 Å². The fourth-order valence-electron chi connectivity index (χ4n) is 2.64. The van der Waals surface area contributed by atoms with Crippen molar-refractivity contribution < 1.29 is 9.53 Å². The van der Waals surface area contributed by atoms with E-state index in [1.807, 2.05) is 60.7 Å². The summed E-state index contributed by atoms with van der Waals surface area (Å²) in [6, 6.07) is 17.5. The molecule has 0 unspecified atom stereocenters. The minimum absolute atomic E-state index is 0.0159. The number of hydrogen-bond donors (Lipinski definition) is 0. The van der Waals surface area contributed by atoms with Crippen LogP contribution in [0.25, 0.3) is 6.08 Å². The van der Waals surface area contributed by atoms with E-state index >= 15 is 0 Å². The van der Waals surface area contributed by atoms with Crippen molar-refractivity contribution in [2.75, 3.05) is 20.3 Å². The van der Waals surface area contributed by atoms with Crippen molar-refractivity contribution >= 4 is 40.5 Å². The standard InChI is InChI=1S/C21H21ClN2O2S/c1-26-13-5-12-24-20(25)19(14-16-8-10-18(22)11-9-16)27-21(24)23-15-17-6-3-2-4-7-17/h2-4,6-11,14H,5,12-13,15H2,1H3/b19-14-,23-21?. The van der Waals surface area contributed by atoms with Gasteiger partial charge in [-0.1, -0.05) is 54.1 Å². The van der Waals surface area contributed by atoms with Crippen molar-refractivity contribution in [2.24, 2.45) is 4.99 Å².